The first-order valence-electron chi connectivity index (χ1n) is 10.7. The summed E-state index contributed by atoms with van der Waals surface area (Å²) in [5, 5.41) is 18.0. The van der Waals surface area contributed by atoms with E-state index in [9.17, 15) is 28.0 Å². The van der Waals surface area contributed by atoms with Gasteiger partial charge in [-0.25, -0.2) is 9.50 Å². The fraction of sp³-hybridized carbons (Fsp3) is 0.208. The van der Waals surface area contributed by atoms with E-state index in [-0.39, 0.29) is 24.3 Å². The SMILES string of the molecule is Cc1nc2c(C#N)cnn2c(C)c1CCC(=O)Nc1ccc(NC(=O)c2ccco2)cc1C(F)(F)F. The van der Waals surface area contributed by atoms with E-state index in [1.165, 1.54) is 35.2 Å². The van der Waals surface area contributed by atoms with Crippen LogP contribution in [0.25, 0.3) is 5.65 Å². The van der Waals surface area contributed by atoms with Crippen molar-refractivity contribution in [2.75, 3.05) is 10.6 Å². The van der Waals surface area contributed by atoms with Crippen LogP contribution in [0.2, 0.25) is 0 Å². The van der Waals surface area contributed by atoms with Crippen LogP contribution >= 0.6 is 0 Å². The van der Waals surface area contributed by atoms with Crippen molar-refractivity contribution in [3.8, 4) is 6.07 Å². The highest BCUT2D eigenvalue weighted by atomic mass is 19.4. The molecule has 4 aromatic rings. The van der Waals surface area contributed by atoms with Gasteiger partial charge in [0.2, 0.25) is 5.91 Å². The minimum atomic E-state index is -4.78. The molecule has 2 N–H and O–H groups in total. The number of aryl methyl sites for hydroxylation is 2. The van der Waals surface area contributed by atoms with Crippen molar-refractivity contribution in [1.29, 1.82) is 5.26 Å². The second-order valence-electron chi connectivity index (χ2n) is 7.90. The van der Waals surface area contributed by atoms with Gasteiger partial charge in [-0.2, -0.15) is 23.5 Å². The van der Waals surface area contributed by atoms with Crippen molar-refractivity contribution >= 4 is 28.8 Å². The Bertz CT molecular complexity index is 1500. The second-order valence-corrected chi connectivity index (χ2v) is 7.90. The molecule has 184 valence electrons. The van der Waals surface area contributed by atoms with Crippen molar-refractivity contribution in [2.45, 2.75) is 32.9 Å². The monoisotopic (exact) mass is 496 g/mol. The smallest absolute Gasteiger partial charge is 0.418 e. The molecule has 2 amide bonds. The summed E-state index contributed by atoms with van der Waals surface area (Å²) in [6, 6.07) is 7.94. The molecule has 0 radical (unpaired) electrons. The van der Waals surface area contributed by atoms with E-state index < -0.39 is 29.2 Å². The fourth-order valence-electron chi connectivity index (χ4n) is 3.77. The van der Waals surface area contributed by atoms with Crippen LogP contribution in [0.1, 0.15) is 45.1 Å². The topological polar surface area (TPSA) is 125 Å². The summed E-state index contributed by atoms with van der Waals surface area (Å²) >= 11 is 0. The van der Waals surface area contributed by atoms with E-state index in [0.717, 1.165) is 12.1 Å². The summed E-state index contributed by atoms with van der Waals surface area (Å²) in [5.74, 6) is -1.40. The van der Waals surface area contributed by atoms with Crippen LogP contribution in [0.4, 0.5) is 24.5 Å². The van der Waals surface area contributed by atoms with Gasteiger partial charge in [-0.15, -0.1) is 0 Å². The van der Waals surface area contributed by atoms with Gasteiger partial charge in [0.05, 0.1) is 23.7 Å². The van der Waals surface area contributed by atoms with Gasteiger partial charge in [-0.3, -0.25) is 9.59 Å². The molecule has 3 heterocycles. The number of hydrogen-bond acceptors (Lipinski definition) is 6. The van der Waals surface area contributed by atoms with E-state index in [0.29, 0.717) is 28.2 Å². The zero-order valence-electron chi connectivity index (χ0n) is 19.1. The van der Waals surface area contributed by atoms with Crippen molar-refractivity contribution in [1.82, 2.24) is 14.6 Å². The Morgan fingerprint density at radius 2 is 1.97 bits per heavy atom. The number of fused-ring (bicyclic) bond motifs is 1. The maximum atomic E-state index is 13.7. The Kier molecular flexibility index (Phi) is 6.48. The third-order valence-corrected chi connectivity index (χ3v) is 5.53. The molecule has 0 spiro atoms. The summed E-state index contributed by atoms with van der Waals surface area (Å²) in [6.45, 7) is 3.49. The molecule has 0 bridgehead atoms. The molecule has 9 nitrogen and oxygen atoms in total. The van der Waals surface area contributed by atoms with Gasteiger partial charge < -0.3 is 15.1 Å². The van der Waals surface area contributed by atoms with Gasteiger partial charge in [-0.05, 0) is 56.2 Å². The summed E-state index contributed by atoms with van der Waals surface area (Å²) in [7, 11) is 0. The largest absolute Gasteiger partial charge is 0.459 e. The second kappa shape index (κ2) is 9.53. The molecule has 12 heteroatoms. The molecule has 4 rings (SSSR count). The molecule has 0 unspecified atom stereocenters. The number of halogens is 3. The molecule has 36 heavy (non-hydrogen) atoms. The Morgan fingerprint density at radius 1 is 1.19 bits per heavy atom. The van der Waals surface area contributed by atoms with Crippen LogP contribution in [0.5, 0.6) is 0 Å². The number of anilines is 2. The van der Waals surface area contributed by atoms with Crippen molar-refractivity contribution in [3.05, 3.63) is 76.6 Å². The summed E-state index contributed by atoms with van der Waals surface area (Å²) < 4.78 is 47.5. The highest BCUT2D eigenvalue weighted by molar-refractivity contribution is 6.02. The van der Waals surface area contributed by atoms with Crippen LogP contribution in [-0.2, 0) is 17.4 Å². The lowest BCUT2D eigenvalue weighted by molar-refractivity contribution is -0.136. The van der Waals surface area contributed by atoms with E-state index in [1.54, 1.807) is 13.8 Å². The average Bonchev–Trinajstić information content (AvgIpc) is 3.49. The number of hydrogen-bond donors (Lipinski definition) is 2. The van der Waals surface area contributed by atoms with Crippen LogP contribution in [0.15, 0.2) is 47.2 Å². The number of alkyl halides is 3. The molecule has 0 aliphatic rings. The summed E-state index contributed by atoms with van der Waals surface area (Å²) in [6.07, 6.45) is -2.04. The number of furan rings is 1. The van der Waals surface area contributed by atoms with E-state index in [2.05, 4.69) is 20.7 Å². The highest BCUT2D eigenvalue weighted by Gasteiger charge is 2.34. The van der Waals surface area contributed by atoms with Crippen molar-refractivity contribution < 1.29 is 27.2 Å². The summed E-state index contributed by atoms with van der Waals surface area (Å²) in [4.78, 5) is 29.0. The number of amides is 2. The van der Waals surface area contributed by atoms with Gasteiger partial charge in [0.25, 0.3) is 5.91 Å². The van der Waals surface area contributed by atoms with Crippen molar-refractivity contribution in [2.24, 2.45) is 0 Å². The van der Waals surface area contributed by atoms with Crippen LogP contribution in [-0.4, -0.2) is 26.4 Å². The van der Waals surface area contributed by atoms with Crippen LogP contribution in [0, 0.1) is 25.2 Å². The number of benzene rings is 1. The number of carbonyl (C=O) groups is 2. The molecule has 0 saturated heterocycles. The first kappa shape index (κ1) is 24.5. The molecule has 0 atom stereocenters. The molecule has 3 aromatic heterocycles. The molecule has 0 aliphatic heterocycles. The van der Waals surface area contributed by atoms with Gasteiger partial charge in [-0.1, -0.05) is 0 Å². The maximum Gasteiger partial charge on any atom is 0.418 e. The number of aromatic nitrogens is 3. The molecular formula is C24H19F3N6O3. The Hall–Kier alpha value is -4.66. The van der Waals surface area contributed by atoms with E-state index in [4.69, 9.17) is 4.42 Å². The summed E-state index contributed by atoms with van der Waals surface area (Å²) in [5.41, 5.74) is 1.04. The average molecular weight is 496 g/mol. The molecule has 0 aliphatic carbocycles. The number of carbonyl (C=O) groups excluding carboxylic acids is 2. The Labute approximate surface area is 202 Å². The maximum absolute atomic E-state index is 13.7. The zero-order valence-corrected chi connectivity index (χ0v) is 19.1. The van der Waals surface area contributed by atoms with E-state index in [1.807, 2.05) is 6.07 Å². The number of nitrogens with one attached hydrogen (secondary N) is 2. The van der Waals surface area contributed by atoms with Gasteiger partial charge in [0, 0.05) is 23.5 Å². The minimum absolute atomic E-state index is 0.0573. The van der Waals surface area contributed by atoms with Crippen molar-refractivity contribution in [3.63, 3.8) is 0 Å². The third kappa shape index (κ3) is 4.90. The molecule has 0 saturated carbocycles. The fourth-order valence-corrected chi connectivity index (χ4v) is 3.77. The molecule has 0 fully saturated rings. The number of rotatable bonds is 6. The van der Waals surface area contributed by atoms with Gasteiger partial charge in [0.15, 0.2) is 11.4 Å². The first-order valence-corrected chi connectivity index (χ1v) is 10.7. The highest BCUT2D eigenvalue weighted by Crippen LogP contribution is 2.37. The predicted molar refractivity (Wildman–Crippen MR) is 122 cm³/mol. The number of nitrogens with zero attached hydrogens (tertiary/aromatic N) is 4. The minimum Gasteiger partial charge on any atom is -0.459 e. The quantitative estimate of drug-likeness (QED) is 0.400. The van der Waals surface area contributed by atoms with Gasteiger partial charge >= 0.3 is 6.18 Å². The number of nitriles is 1. The lowest BCUT2D eigenvalue weighted by Gasteiger charge is -2.16. The van der Waals surface area contributed by atoms with Crippen LogP contribution in [0.3, 0.4) is 0 Å². The Morgan fingerprint density at radius 3 is 2.64 bits per heavy atom. The van der Waals surface area contributed by atoms with Crippen LogP contribution < -0.4 is 10.6 Å². The molecule has 1 aromatic carbocycles. The predicted octanol–water partition coefficient (Wildman–Crippen LogP) is 4.65. The van der Waals surface area contributed by atoms with Gasteiger partial charge in [0.1, 0.15) is 11.6 Å². The molecular weight excluding hydrogens is 477 g/mol. The normalized spacial score (nSPS) is 11.3. The lowest BCUT2D eigenvalue weighted by atomic mass is 10.1. The zero-order chi connectivity index (χ0) is 26.0. The third-order valence-electron chi connectivity index (χ3n) is 5.53. The first-order chi connectivity index (χ1) is 17.1. The standard InChI is InChI=1S/C24H19F3N6O3/c1-13-17(14(2)33-22(30-13)15(11-28)12-29-33)6-8-21(34)32-19-7-5-16(10-18(19)24(25,26)27)31-23(35)20-4-3-9-36-20/h3-5,7,9-10,12H,6,8H2,1-2H3,(H,31,35)(H,32,34). The Balaban J connectivity index is 1.50. The lowest BCUT2D eigenvalue weighted by Crippen LogP contribution is -2.18. The van der Waals surface area contributed by atoms with E-state index >= 15 is 0 Å².